The number of aliphatic hydroxyl groups excluding tert-OH is 2. The Kier molecular flexibility index (Phi) is 19.7. The predicted octanol–water partition coefficient (Wildman–Crippen LogP) is 1.55. The third kappa shape index (κ3) is 15.9. The van der Waals surface area contributed by atoms with E-state index in [-0.39, 0.29) is 42.4 Å². The molecule has 14 heteroatoms. The lowest BCUT2D eigenvalue weighted by molar-refractivity contribution is -0.153. The maximum atomic E-state index is 14.4. The van der Waals surface area contributed by atoms with Gasteiger partial charge in [-0.05, 0) is 49.4 Å². The lowest BCUT2D eigenvalue weighted by atomic mass is 9.92. The van der Waals surface area contributed by atoms with Crippen molar-refractivity contribution in [2.24, 2.45) is 35.3 Å². The summed E-state index contributed by atoms with van der Waals surface area (Å²) in [6.45, 7) is 19.3. The number of nitrogens with two attached hydrogens (primary N) is 1. The van der Waals surface area contributed by atoms with Crippen LogP contribution in [-0.4, -0.2) is 98.1 Å². The lowest BCUT2D eigenvalue weighted by Crippen LogP contribution is -2.63. The van der Waals surface area contributed by atoms with Crippen molar-refractivity contribution in [1.29, 1.82) is 0 Å². The van der Waals surface area contributed by atoms with Crippen LogP contribution in [0.1, 0.15) is 108 Å². The molecule has 8 N–H and O–H groups in total. The molecular formula is C34H63N5O9. The summed E-state index contributed by atoms with van der Waals surface area (Å²) in [4.78, 5) is 79.5. The number of carboxylic acids is 1. The number of hydrogen-bond donors (Lipinski definition) is 7. The van der Waals surface area contributed by atoms with Crippen molar-refractivity contribution in [3.05, 3.63) is 0 Å². The van der Waals surface area contributed by atoms with E-state index < -0.39 is 90.8 Å². The number of imide groups is 1. The van der Waals surface area contributed by atoms with Crippen molar-refractivity contribution in [3.8, 4) is 0 Å². The second-order valence-electron chi connectivity index (χ2n) is 14.9. The van der Waals surface area contributed by atoms with Crippen LogP contribution >= 0.6 is 0 Å². The summed E-state index contributed by atoms with van der Waals surface area (Å²) in [5.74, 6) is -5.66. The van der Waals surface area contributed by atoms with Crippen LogP contribution in [-0.2, 0) is 28.8 Å². The minimum atomic E-state index is -1.60. The predicted molar refractivity (Wildman–Crippen MR) is 182 cm³/mol. The topological polar surface area (TPSA) is 228 Å². The molecule has 0 saturated carbocycles. The zero-order chi connectivity index (χ0) is 37.6. The largest absolute Gasteiger partial charge is 0.481 e. The molecule has 0 aromatic rings. The number of carbonyl (C=O) groups is 6. The number of nitrogens with one attached hydrogen (secondary N) is 3. The lowest BCUT2D eigenvalue weighted by Gasteiger charge is -2.41. The molecule has 0 spiro atoms. The molecule has 0 bridgehead atoms. The molecule has 14 nitrogen and oxygen atoms in total. The SMILES string of the molecule is CC(C)CC(=O)N[C@H](C(=O)N[C@H](C(=O)N([C@@H](C)C(=O)NC(=O)C[C@H](O)[C@@H](N)CC(C)C)[C@@H](CC(C)C)[C@@H](O)CC(=O)O)C(C)C)C(C)C. The molecule has 278 valence electrons. The smallest absolute Gasteiger partial charge is 0.306 e. The van der Waals surface area contributed by atoms with Crippen LogP contribution in [0.2, 0.25) is 0 Å². The van der Waals surface area contributed by atoms with Crippen LogP contribution in [0, 0.1) is 29.6 Å². The average molecular weight is 686 g/mol. The van der Waals surface area contributed by atoms with Gasteiger partial charge in [-0.1, -0.05) is 69.2 Å². The summed E-state index contributed by atoms with van der Waals surface area (Å²) in [5, 5.41) is 38.6. The standard InChI is InChI=1S/C34H63N5O9/c1-17(2)12-23(35)25(40)15-28(43)37-32(46)22(11)39(24(13-18(3)4)26(41)16-29(44)45)34(48)31(21(9)10)38-33(47)30(20(7)8)36-27(42)14-19(5)6/h17-26,30-31,40-41H,12-16,35H2,1-11H3,(H,36,42)(H,38,47)(H,44,45)(H,37,43,46)/t22-,23-,24-,25-,26-,30-,31-/m0/s1. The van der Waals surface area contributed by atoms with Gasteiger partial charge in [0.2, 0.25) is 29.5 Å². The molecule has 0 saturated heterocycles. The fourth-order valence-electron chi connectivity index (χ4n) is 5.41. The summed E-state index contributed by atoms with van der Waals surface area (Å²) in [6.07, 6.45) is -3.30. The van der Waals surface area contributed by atoms with E-state index in [0.29, 0.717) is 6.42 Å². The molecule has 0 aliphatic carbocycles. The van der Waals surface area contributed by atoms with Gasteiger partial charge >= 0.3 is 5.97 Å². The molecule has 0 aliphatic rings. The zero-order valence-corrected chi connectivity index (χ0v) is 30.8. The maximum absolute atomic E-state index is 14.4. The van der Waals surface area contributed by atoms with Crippen molar-refractivity contribution in [3.63, 3.8) is 0 Å². The summed E-state index contributed by atoms with van der Waals surface area (Å²) in [7, 11) is 0. The number of nitrogens with zero attached hydrogens (tertiary/aromatic N) is 1. The highest BCUT2D eigenvalue weighted by atomic mass is 16.4. The number of amides is 5. The number of carboxylic acid groups (broad SMARTS) is 1. The molecule has 5 amide bonds. The first-order valence-electron chi connectivity index (χ1n) is 17.1. The van der Waals surface area contributed by atoms with Gasteiger partial charge in [-0.3, -0.25) is 34.1 Å². The highest BCUT2D eigenvalue weighted by Crippen LogP contribution is 2.23. The van der Waals surface area contributed by atoms with E-state index in [2.05, 4.69) is 16.0 Å². The van der Waals surface area contributed by atoms with Crippen molar-refractivity contribution >= 4 is 35.5 Å². The molecule has 0 fully saturated rings. The molecular weight excluding hydrogens is 622 g/mol. The molecule has 0 heterocycles. The number of aliphatic carboxylic acids is 1. The molecule has 0 rings (SSSR count). The third-order valence-corrected chi connectivity index (χ3v) is 7.93. The van der Waals surface area contributed by atoms with Crippen LogP contribution in [0.4, 0.5) is 0 Å². The first kappa shape index (κ1) is 44.9. The second kappa shape index (κ2) is 21.1. The van der Waals surface area contributed by atoms with Crippen LogP contribution < -0.4 is 21.7 Å². The Morgan fingerprint density at radius 3 is 1.58 bits per heavy atom. The van der Waals surface area contributed by atoms with Crippen LogP contribution in [0.25, 0.3) is 0 Å². The zero-order valence-electron chi connectivity index (χ0n) is 30.8. The average Bonchev–Trinajstić information content (AvgIpc) is 2.91. The summed E-state index contributed by atoms with van der Waals surface area (Å²) < 4.78 is 0. The Labute approximate surface area is 286 Å². The van der Waals surface area contributed by atoms with Crippen molar-refractivity contribution < 1.29 is 44.1 Å². The van der Waals surface area contributed by atoms with E-state index in [1.165, 1.54) is 6.92 Å². The van der Waals surface area contributed by atoms with Gasteiger partial charge in [-0.2, -0.15) is 0 Å². The van der Waals surface area contributed by atoms with Gasteiger partial charge in [0.05, 0.1) is 31.1 Å². The summed E-state index contributed by atoms with van der Waals surface area (Å²) in [5.41, 5.74) is 5.99. The fourth-order valence-corrected chi connectivity index (χ4v) is 5.41. The van der Waals surface area contributed by atoms with Crippen molar-refractivity contribution in [1.82, 2.24) is 20.9 Å². The van der Waals surface area contributed by atoms with E-state index in [9.17, 15) is 44.1 Å². The minimum absolute atomic E-state index is 0.0501. The quantitative estimate of drug-likeness (QED) is 0.0922. The maximum Gasteiger partial charge on any atom is 0.306 e. The number of hydrogen-bond acceptors (Lipinski definition) is 9. The Morgan fingerprint density at radius 2 is 1.15 bits per heavy atom. The minimum Gasteiger partial charge on any atom is -0.481 e. The Balaban J connectivity index is 6.63. The van der Waals surface area contributed by atoms with Crippen molar-refractivity contribution in [2.75, 3.05) is 0 Å². The summed E-state index contributed by atoms with van der Waals surface area (Å²) >= 11 is 0. The molecule has 48 heavy (non-hydrogen) atoms. The molecule has 0 aromatic carbocycles. The Hall–Kier alpha value is -3.10. The highest BCUT2D eigenvalue weighted by Gasteiger charge is 2.42. The molecule has 0 unspecified atom stereocenters. The fraction of sp³-hybridized carbons (Fsp3) is 0.824. The van der Waals surface area contributed by atoms with Crippen LogP contribution in [0.15, 0.2) is 0 Å². The Bertz CT molecular complexity index is 1080. The van der Waals surface area contributed by atoms with Crippen molar-refractivity contribution in [2.45, 2.75) is 151 Å². The van der Waals surface area contributed by atoms with Gasteiger partial charge in [0.1, 0.15) is 18.1 Å². The van der Waals surface area contributed by atoms with E-state index in [1.54, 1.807) is 41.5 Å². The highest BCUT2D eigenvalue weighted by molar-refractivity contribution is 6.00. The monoisotopic (exact) mass is 685 g/mol. The molecule has 0 aliphatic heterocycles. The number of carbonyl (C=O) groups excluding carboxylic acids is 5. The molecule has 0 radical (unpaired) electrons. The molecule has 0 aromatic heterocycles. The van der Waals surface area contributed by atoms with Gasteiger partial charge in [-0.25, -0.2) is 0 Å². The third-order valence-electron chi connectivity index (χ3n) is 7.93. The van der Waals surface area contributed by atoms with E-state index >= 15 is 0 Å². The first-order valence-corrected chi connectivity index (χ1v) is 17.1. The van der Waals surface area contributed by atoms with Gasteiger partial charge in [0, 0.05) is 12.5 Å². The van der Waals surface area contributed by atoms with Crippen LogP contribution in [0.5, 0.6) is 0 Å². The van der Waals surface area contributed by atoms with Crippen LogP contribution in [0.3, 0.4) is 0 Å². The molecule has 7 atom stereocenters. The normalized spacial score (nSPS) is 16.2. The van der Waals surface area contributed by atoms with Gasteiger partial charge in [0.15, 0.2) is 0 Å². The first-order chi connectivity index (χ1) is 22.0. The van der Waals surface area contributed by atoms with E-state index in [4.69, 9.17) is 5.73 Å². The van der Waals surface area contributed by atoms with E-state index in [0.717, 1.165) is 4.90 Å². The number of aliphatic hydroxyl groups is 2. The second-order valence-corrected chi connectivity index (χ2v) is 14.9. The van der Waals surface area contributed by atoms with Gasteiger partial charge in [0.25, 0.3) is 0 Å². The van der Waals surface area contributed by atoms with Gasteiger partial charge in [-0.15, -0.1) is 0 Å². The summed E-state index contributed by atoms with van der Waals surface area (Å²) in [6, 6.07) is -5.55. The Morgan fingerprint density at radius 1 is 0.625 bits per heavy atom. The van der Waals surface area contributed by atoms with E-state index in [1.807, 2.05) is 27.7 Å². The van der Waals surface area contributed by atoms with Gasteiger partial charge < -0.3 is 36.6 Å². The number of rotatable bonds is 21.